The van der Waals surface area contributed by atoms with E-state index in [0.29, 0.717) is 11.3 Å². The van der Waals surface area contributed by atoms with E-state index in [1.54, 1.807) is 25.1 Å². The van der Waals surface area contributed by atoms with Crippen LogP contribution >= 0.6 is 15.9 Å². The van der Waals surface area contributed by atoms with Crippen molar-refractivity contribution in [1.82, 2.24) is 0 Å². The molecule has 1 N–H and O–H groups in total. The van der Waals surface area contributed by atoms with E-state index in [4.69, 9.17) is 9.47 Å². The molecule has 0 spiro atoms. The first kappa shape index (κ1) is 12.7. The van der Waals surface area contributed by atoms with Crippen molar-refractivity contribution in [1.29, 1.82) is 0 Å². The zero-order valence-corrected chi connectivity index (χ0v) is 11.2. The Balaban J connectivity index is 2.38. The first-order valence-electron chi connectivity index (χ1n) is 5.36. The van der Waals surface area contributed by atoms with Crippen LogP contribution in [0.4, 0.5) is 0 Å². The van der Waals surface area contributed by atoms with Gasteiger partial charge in [0.05, 0.1) is 17.7 Å². The summed E-state index contributed by atoms with van der Waals surface area (Å²) in [5, 5.41) is 9.96. The largest absolute Gasteiger partial charge is 0.507 e. The number of fused-ring (bicyclic) bond motifs is 1. The second-order valence-corrected chi connectivity index (χ2v) is 4.50. The van der Waals surface area contributed by atoms with E-state index >= 15 is 0 Å². The van der Waals surface area contributed by atoms with Gasteiger partial charge < -0.3 is 14.6 Å². The molecule has 0 radical (unpaired) electrons. The van der Waals surface area contributed by atoms with E-state index in [9.17, 15) is 9.90 Å². The van der Waals surface area contributed by atoms with E-state index in [2.05, 4.69) is 15.9 Å². The number of aliphatic hydroxyl groups excluding tert-OH is 1. The topological polar surface area (TPSA) is 55.8 Å². The summed E-state index contributed by atoms with van der Waals surface area (Å²) in [6.45, 7) is 1.98. The molecule has 94 valence electrons. The summed E-state index contributed by atoms with van der Waals surface area (Å²) in [4.78, 5) is 11.6. The van der Waals surface area contributed by atoms with Crippen molar-refractivity contribution in [3.63, 3.8) is 0 Å². The molecular weight excluding hydrogens is 300 g/mol. The van der Waals surface area contributed by atoms with Crippen LogP contribution in [0, 0.1) is 0 Å². The molecule has 0 fully saturated rings. The summed E-state index contributed by atoms with van der Waals surface area (Å²) in [6.07, 6.45) is 2.60. The maximum absolute atomic E-state index is 11.6. The normalized spacial score (nSPS) is 13.7. The predicted molar refractivity (Wildman–Crippen MR) is 70.1 cm³/mol. The number of carbonyl (C=O) groups excluding carboxylic acids is 1. The Kier molecular flexibility index (Phi) is 3.72. The zero-order chi connectivity index (χ0) is 13.1. The molecule has 1 aliphatic heterocycles. The van der Waals surface area contributed by atoms with Crippen molar-refractivity contribution in [2.24, 2.45) is 0 Å². The number of carbonyl (C=O) groups is 1. The van der Waals surface area contributed by atoms with E-state index in [1.807, 2.05) is 0 Å². The Hall–Kier alpha value is -1.75. The lowest BCUT2D eigenvalue weighted by molar-refractivity contribution is -0.138. The summed E-state index contributed by atoms with van der Waals surface area (Å²) < 4.78 is 11.0. The Morgan fingerprint density at radius 2 is 2.28 bits per heavy atom. The van der Waals surface area contributed by atoms with Gasteiger partial charge in [-0.2, -0.15) is 0 Å². The summed E-state index contributed by atoms with van der Waals surface area (Å²) in [7, 11) is 0. The van der Waals surface area contributed by atoms with Crippen molar-refractivity contribution in [2.45, 2.75) is 6.92 Å². The monoisotopic (exact) mass is 310 g/mol. The molecule has 1 aromatic rings. The standard InChI is InChI=1S/C13H11BrO4/c1-2-17-13(16)8-5-11(15)10-6-9(14)3-4-12(10)18-7-8/h3-7,15H,2H2,1H3. The third-order valence-electron chi connectivity index (χ3n) is 2.33. The molecule has 0 amide bonds. The van der Waals surface area contributed by atoms with Gasteiger partial charge in [0, 0.05) is 4.47 Å². The van der Waals surface area contributed by atoms with Gasteiger partial charge in [0.25, 0.3) is 0 Å². The molecule has 0 unspecified atom stereocenters. The lowest BCUT2D eigenvalue weighted by Gasteiger charge is -2.05. The number of hydrogen-bond acceptors (Lipinski definition) is 4. The molecule has 5 heteroatoms. The molecule has 1 heterocycles. The summed E-state index contributed by atoms with van der Waals surface area (Å²) in [5.41, 5.74) is 0.682. The molecule has 0 aromatic heterocycles. The second kappa shape index (κ2) is 5.27. The number of ether oxygens (including phenoxy) is 2. The van der Waals surface area contributed by atoms with Crippen molar-refractivity contribution in [3.05, 3.63) is 46.1 Å². The number of aliphatic hydroxyl groups is 1. The number of esters is 1. The fraction of sp³-hybridized carbons (Fsp3) is 0.154. The summed E-state index contributed by atoms with van der Waals surface area (Å²) in [5.74, 6) is -0.0923. The molecule has 0 atom stereocenters. The van der Waals surface area contributed by atoms with Crippen molar-refractivity contribution in [2.75, 3.05) is 6.61 Å². The molecule has 0 bridgehead atoms. The summed E-state index contributed by atoms with van der Waals surface area (Å²) >= 11 is 3.31. The van der Waals surface area contributed by atoms with Crippen LogP contribution in [0.1, 0.15) is 12.5 Å². The SMILES string of the molecule is CCOC(=O)C1=COc2ccc(Br)cc2C(O)=C1. The molecule has 4 nitrogen and oxygen atoms in total. The molecule has 1 aliphatic rings. The van der Waals surface area contributed by atoms with Gasteiger partial charge in [-0.3, -0.25) is 0 Å². The van der Waals surface area contributed by atoms with Crippen molar-refractivity contribution < 1.29 is 19.4 Å². The van der Waals surface area contributed by atoms with Gasteiger partial charge in [0.15, 0.2) is 0 Å². The molecular formula is C13H11BrO4. The number of benzene rings is 1. The molecule has 1 aromatic carbocycles. The van der Waals surface area contributed by atoms with Crippen molar-refractivity contribution >= 4 is 27.7 Å². The van der Waals surface area contributed by atoms with Crippen molar-refractivity contribution in [3.8, 4) is 5.75 Å². The highest BCUT2D eigenvalue weighted by Gasteiger charge is 2.17. The minimum Gasteiger partial charge on any atom is -0.507 e. The fourth-order valence-corrected chi connectivity index (χ4v) is 1.87. The van der Waals surface area contributed by atoms with Crippen LogP contribution < -0.4 is 4.74 Å². The third-order valence-corrected chi connectivity index (χ3v) is 2.83. The molecule has 18 heavy (non-hydrogen) atoms. The van der Waals surface area contributed by atoms with Gasteiger partial charge in [0.1, 0.15) is 17.8 Å². The third kappa shape index (κ3) is 2.56. The lowest BCUT2D eigenvalue weighted by Crippen LogP contribution is -2.06. The van der Waals surface area contributed by atoms with Crippen LogP contribution in [0.25, 0.3) is 5.76 Å². The van der Waals surface area contributed by atoms with E-state index in [-0.39, 0.29) is 17.9 Å². The van der Waals surface area contributed by atoms with Crippen LogP contribution in [0.2, 0.25) is 0 Å². The number of rotatable bonds is 2. The van der Waals surface area contributed by atoms with Crippen LogP contribution in [-0.4, -0.2) is 17.7 Å². The first-order chi connectivity index (χ1) is 8.61. The smallest absolute Gasteiger partial charge is 0.341 e. The fourth-order valence-electron chi connectivity index (χ4n) is 1.51. The maximum Gasteiger partial charge on any atom is 0.341 e. The quantitative estimate of drug-likeness (QED) is 0.852. The van der Waals surface area contributed by atoms with Gasteiger partial charge in [-0.25, -0.2) is 4.79 Å². The zero-order valence-electron chi connectivity index (χ0n) is 9.64. The molecule has 0 saturated heterocycles. The minimum atomic E-state index is -0.532. The predicted octanol–water partition coefficient (Wildman–Crippen LogP) is 3.19. The highest BCUT2D eigenvalue weighted by molar-refractivity contribution is 9.10. The molecule has 0 saturated carbocycles. The Labute approximate surface area is 113 Å². The summed E-state index contributed by atoms with van der Waals surface area (Å²) in [6, 6.07) is 5.20. The Morgan fingerprint density at radius 3 is 3.00 bits per heavy atom. The Bertz CT molecular complexity index is 546. The highest BCUT2D eigenvalue weighted by Crippen LogP contribution is 2.31. The van der Waals surface area contributed by atoms with Gasteiger partial charge in [-0.15, -0.1) is 0 Å². The first-order valence-corrected chi connectivity index (χ1v) is 6.15. The second-order valence-electron chi connectivity index (χ2n) is 3.58. The van der Waals surface area contributed by atoms with Crippen LogP contribution in [0.15, 0.2) is 40.6 Å². The minimum absolute atomic E-state index is 0.0388. The molecule has 2 rings (SSSR count). The number of hydrogen-bond donors (Lipinski definition) is 1. The number of halogens is 1. The van der Waals surface area contributed by atoms with E-state index < -0.39 is 5.97 Å². The molecule has 0 aliphatic carbocycles. The Morgan fingerprint density at radius 1 is 1.50 bits per heavy atom. The van der Waals surface area contributed by atoms with Crippen LogP contribution in [-0.2, 0) is 9.53 Å². The average molecular weight is 311 g/mol. The highest BCUT2D eigenvalue weighted by atomic mass is 79.9. The van der Waals surface area contributed by atoms with Crippen LogP contribution in [0.5, 0.6) is 5.75 Å². The van der Waals surface area contributed by atoms with E-state index in [1.165, 1.54) is 12.3 Å². The van der Waals surface area contributed by atoms with Crippen LogP contribution in [0.3, 0.4) is 0 Å². The maximum atomic E-state index is 11.6. The van der Waals surface area contributed by atoms with Gasteiger partial charge in [0.2, 0.25) is 0 Å². The van der Waals surface area contributed by atoms with Gasteiger partial charge in [-0.05, 0) is 31.2 Å². The van der Waals surface area contributed by atoms with Gasteiger partial charge in [-0.1, -0.05) is 15.9 Å². The van der Waals surface area contributed by atoms with Gasteiger partial charge >= 0.3 is 5.97 Å². The van der Waals surface area contributed by atoms with E-state index in [0.717, 1.165) is 4.47 Å². The average Bonchev–Trinajstić information content (AvgIpc) is 2.50. The lowest BCUT2D eigenvalue weighted by atomic mass is 10.1.